The quantitative estimate of drug-likeness (QED) is 0.806. The second kappa shape index (κ2) is 4.73. The van der Waals surface area contributed by atoms with Gasteiger partial charge in [-0.15, -0.1) is 0 Å². The summed E-state index contributed by atoms with van der Waals surface area (Å²) in [7, 11) is 0. The molecule has 1 aromatic rings. The molecule has 0 amide bonds. The molecular weight excluding hydrogens is 195 g/mol. The minimum atomic E-state index is -0.288. The molecule has 2 atom stereocenters. The Hall–Kier alpha value is -0.930. The monoisotopic (exact) mass is 210 g/mol. The van der Waals surface area contributed by atoms with E-state index >= 15 is 0 Å². The van der Waals surface area contributed by atoms with Gasteiger partial charge >= 0.3 is 0 Å². The molecule has 2 nitrogen and oxygen atoms in total. The summed E-state index contributed by atoms with van der Waals surface area (Å²) in [6, 6.07) is 6.42. The lowest BCUT2D eigenvalue weighted by Crippen LogP contribution is -2.33. The molecule has 1 aliphatic heterocycles. The van der Waals surface area contributed by atoms with E-state index in [1.165, 1.54) is 12.1 Å². The number of hydrogen-bond donors (Lipinski definition) is 1. The number of hydrogen-bond acceptors (Lipinski definition) is 2. The lowest BCUT2D eigenvalue weighted by atomic mass is 9.92. The van der Waals surface area contributed by atoms with Gasteiger partial charge in [-0.25, -0.2) is 4.39 Å². The highest BCUT2D eigenvalue weighted by Gasteiger charge is 2.23. The fraction of sp³-hybridized carbons (Fsp3) is 0.500. The zero-order valence-corrected chi connectivity index (χ0v) is 8.53. The van der Waals surface area contributed by atoms with Crippen LogP contribution in [0.3, 0.4) is 0 Å². The van der Waals surface area contributed by atoms with Crippen LogP contribution >= 0.6 is 0 Å². The van der Waals surface area contributed by atoms with Gasteiger partial charge in [0.2, 0.25) is 0 Å². The van der Waals surface area contributed by atoms with Crippen LogP contribution in [-0.2, 0) is 11.2 Å². The van der Waals surface area contributed by atoms with E-state index in [0.29, 0.717) is 19.6 Å². The van der Waals surface area contributed by atoms with Crippen molar-refractivity contribution in [3.05, 3.63) is 35.6 Å². The van der Waals surface area contributed by atoms with E-state index in [9.17, 15) is 9.50 Å². The molecule has 0 spiro atoms. The van der Waals surface area contributed by atoms with Gasteiger partial charge in [-0.3, -0.25) is 0 Å². The summed E-state index contributed by atoms with van der Waals surface area (Å²) >= 11 is 0. The van der Waals surface area contributed by atoms with E-state index in [1.807, 2.05) is 0 Å². The largest absolute Gasteiger partial charge is 0.393 e. The van der Waals surface area contributed by atoms with Gasteiger partial charge in [0.25, 0.3) is 0 Å². The molecule has 0 aliphatic carbocycles. The maximum atomic E-state index is 12.7. The van der Waals surface area contributed by atoms with Gasteiger partial charge in [-0.1, -0.05) is 12.1 Å². The van der Waals surface area contributed by atoms with Gasteiger partial charge in [0.05, 0.1) is 12.7 Å². The predicted molar refractivity (Wildman–Crippen MR) is 55.0 cm³/mol. The first kappa shape index (κ1) is 10.6. The third kappa shape index (κ3) is 2.76. The number of aliphatic hydroxyl groups is 1. The van der Waals surface area contributed by atoms with Crippen molar-refractivity contribution in [1.82, 2.24) is 0 Å². The fourth-order valence-corrected chi connectivity index (χ4v) is 1.90. The Morgan fingerprint density at radius 2 is 2.07 bits per heavy atom. The normalized spacial score (nSPS) is 26.5. The van der Waals surface area contributed by atoms with E-state index in [0.717, 1.165) is 12.0 Å². The average molecular weight is 210 g/mol. The molecule has 3 heteroatoms. The van der Waals surface area contributed by atoms with Crippen molar-refractivity contribution in [1.29, 1.82) is 0 Å². The van der Waals surface area contributed by atoms with E-state index in [-0.39, 0.29) is 17.8 Å². The van der Waals surface area contributed by atoms with Crippen molar-refractivity contribution >= 4 is 0 Å². The summed E-state index contributed by atoms with van der Waals surface area (Å²) in [4.78, 5) is 0. The molecule has 1 fully saturated rings. The van der Waals surface area contributed by atoms with Gasteiger partial charge in [0.1, 0.15) is 5.82 Å². The molecule has 1 heterocycles. The molecule has 1 N–H and O–H groups in total. The second-order valence-electron chi connectivity index (χ2n) is 4.02. The minimum absolute atomic E-state index is 0.143. The standard InChI is InChI=1S/C12H15FO2/c13-11-3-1-9(2-4-11)7-10-8-15-6-5-12(10)14/h1-4,10,12,14H,5-8H2/t10-,12-/m0/s1. The Morgan fingerprint density at radius 1 is 1.33 bits per heavy atom. The first-order chi connectivity index (χ1) is 7.25. The van der Waals surface area contributed by atoms with E-state index in [1.54, 1.807) is 12.1 Å². The molecule has 1 aliphatic rings. The van der Waals surface area contributed by atoms with Crippen LogP contribution in [0.25, 0.3) is 0 Å². The number of halogens is 1. The molecule has 0 unspecified atom stereocenters. The van der Waals surface area contributed by atoms with Crippen LogP contribution in [0.4, 0.5) is 4.39 Å². The van der Waals surface area contributed by atoms with Crippen LogP contribution in [0.15, 0.2) is 24.3 Å². The summed E-state index contributed by atoms with van der Waals surface area (Å²) in [5, 5.41) is 9.73. The van der Waals surface area contributed by atoms with Crippen LogP contribution in [0.1, 0.15) is 12.0 Å². The number of aliphatic hydroxyl groups excluding tert-OH is 1. The van der Waals surface area contributed by atoms with E-state index in [4.69, 9.17) is 4.74 Å². The SMILES string of the molecule is O[C@H]1CCOC[C@@H]1Cc1ccc(F)cc1. The predicted octanol–water partition coefficient (Wildman–Crippen LogP) is 1.77. The van der Waals surface area contributed by atoms with Gasteiger partial charge in [0.15, 0.2) is 0 Å². The van der Waals surface area contributed by atoms with Crippen molar-refractivity contribution in [3.8, 4) is 0 Å². The van der Waals surface area contributed by atoms with Crippen molar-refractivity contribution < 1.29 is 14.2 Å². The van der Waals surface area contributed by atoms with Gasteiger partial charge in [0, 0.05) is 12.5 Å². The molecule has 0 bridgehead atoms. The summed E-state index contributed by atoms with van der Waals surface area (Å²) in [6.07, 6.45) is 1.16. The van der Waals surface area contributed by atoms with Crippen LogP contribution < -0.4 is 0 Å². The Kier molecular flexibility index (Phi) is 3.34. The molecular formula is C12H15FO2. The first-order valence-corrected chi connectivity index (χ1v) is 5.26. The first-order valence-electron chi connectivity index (χ1n) is 5.26. The molecule has 82 valence electrons. The smallest absolute Gasteiger partial charge is 0.123 e. The highest BCUT2D eigenvalue weighted by molar-refractivity contribution is 5.16. The Balaban J connectivity index is 1.98. The van der Waals surface area contributed by atoms with Crippen LogP contribution in [0.2, 0.25) is 0 Å². The van der Waals surface area contributed by atoms with Gasteiger partial charge in [-0.05, 0) is 30.5 Å². The van der Waals surface area contributed by atoms with Crippen LogP contribution in [0, 0.1) is 11.7 Å². The maximum absolute atomic E-state index is 12.7. The van der Waals surface area contributed by atoms with Crippen LogP contribution in [-0.4, -0.2) is 24.4 Å². The Labute approximate surface area is 88.7 Å². The molecule has 15 heavy (non-hydrogen) atoms. The molecule has 1 aromatic carbocycles. The third-order valence-electron chi connectivity index (χ3n) is 2.85. The average Bonchev–Trinajstić information content (AvgIpc) is 2.25. The number of ether oxygens (including phenoxy) is 1. The van der Waals surface area contributed by atoms with Crippen molar-refractivity contribution in [2.75, 3.05) is 13.2 Å². The lowest BCUT2D eigenvalue weighted by molar-refractivity contribution is -0.0350. The van der Waals surface area contributed by atoms with E-state index in [2.05, 4.69) is 0 Å². The fourth-order valence-electron chi connectivity index (χ4n) is 1.90. The Bertz CT molecular complexity index is 310. The number of benzene rings is 1. The molecule has 0 radical (unpaired) electrons. The third-order valence-corrected chi connectivity index (χ3v) is 2.85. The molecule has 0 aromatic heterocycles. The van der Waals surface area contributed by atoms with Gasteiger partial charge in [-0.2, -0.15) is 0 Å². The molecule has 2 rings (SSSR count). The molecule has 0 saturated carbocycles. The highest BCUT2D eigenvalue weighted by atomic mass is 19.1. The Morgan fingerprint density at radius 3 is 2.73 bits per heavy atom. The van der Waals surface area contributed by atoms with Crippen molar-refractivity contribution in [2.24, 2.45) is 5.92 Å². The number of rotatable bonds is 2. The topological polar surface area (TPSA) is 29.5 Å². The second-order valence-corrected chi connectivity index (χ2v) is 4.02. The molecule has 1 saturated heterocycles. The highest BCUT2D eigenvalue weighted by Crippen LogP contribution is 2.19. The van der Waals surface area contributed by atoms with Crippen molar-refractivity contribution in [3.63, 3.8) is 0 Å². The zero-order chi connectivity index (χ0) is 10.7. The summed E-state index contributed by atoms with van der Waals surface area (Å²) in [5.74, 6) is -0.0802. The summed E-state index contributed by atoms with van der Waals surface area (Å²) in [6.45, 7) is 1.24. The zero-order valence-electron chi connectivity index (χ0n) is 8.53. The minimum Gasteiger partial charge on any atom is -0.393 e. The summed E-state index contributed by atoms with van der Waals surface area (Å²) in [5.41, 5.74) is 1.05. The lowest BCUT2D eigenvalue weighted by Gasteiger charge is -2.27. The van der Waals surface area contributed by atoms with E-state index < -0.39 is 0 Å². The summed E-state index contributed by atoms with van der Waals surface area (Å²) < 4.78 is 18.0. The van der Waals surface area contributed by atoms with Crippen molar-refractivity contribution in [2.45, 2.75) is 18.9 Å². The van der Waals surface area contributed by atoms with Gasteiger partial charge < -0.3 is 9.84 Å². The van der Waals surface area contributed by atoms with Crippen LogP contribution in [0.5, 0.6) is 0 Å². The maximum Gasteiger partial charge on any atom is 0.123 e.